The molecule has 0 aliphatic heterocycles. The van der Waals surface area contributed by atoms with E-state index in [9.17, 15) is 4.79 Å². The zero-order valence-corrected chi connectivity index (χ0v) is 11.1. The van der Waals surface area contributed by atoms with Gasteiger partial charge in [0.2, 0.25) is 5.91 Å². The maximum absolute atomic E-state index is 11.7. The molecule has 0 aliphatic rings. The average Bonchev–Trinajstić information content (AvgIpc) is 2.32. The lowest BCUT2D eigenvalue weighted by molar-refractivity contribution is -0.113. The molecule has 0 atom stereocenters. The number of carbonyl (C=O) groups excluding carboxylic acids is 1. The minimum atomic E-state index is -0.00699. The van der Waals surface area contributed by atoms with Gasteiger partial charge in [-0.15, -0.1) is 11.8 Å². The van der Waals surface area contributed by atoms with Gasteiger partial charge in [-0.2, -0.15) is 0 Å². The average molecular weight is 253 g/mol. The van der Waals surface area contributed by atoms with Crippen molar-refractivity contribution < 1.29 is 9.90 Å². The van der Waals surface area contributed by atoms with Gasteiger partial charge >= 0.3 is 0 Å². The largest absolute Gasteiger partial charge is 0.396 e. The van der Waals surface area contributed by atoms with Crippen LogP contribution in [-0.4, -0.2) is 29.1 Å². The van der Waals surface area contributed by atoms with Crippen LogP contribution < -0.4 is 5.32 Å². The summed E-state index contributed by atoms with van der Waals surface area (Å²) in [5, 5.41) is 11.6. The molecule has 0 heterocycles. The third-order valence-electron chi connectivity index (χ3n) is 2.47. The van der Waals surface area contributed by atoms with Crippen LogP contribution in [0.3, 0.4) is 0 Å². The van der Waals surface area contributed by atoms with E-state index in [1.54, 1.807) is 0 Å². The van der Waals surface area contributed by atoms with Crippen LogP contribution in [0.15, 0.2) is 18.2 Å². The second-order valence-corrected chi connectivity index (χ2v) is 4.89. The first-order valence-corrected chi connectivity index (χ1v) is 6.91. The molecule has 17 heavy (non-hydrogen) atoms. The molecule has 1 rings (SSSR count). The molecule has 1 aromatic rings. The first-order chi connectivity index (χ1) is 8.19. The van der Waals surface area contributed by atoms with Crippen molar-refractivity contribution in [3.8, 4) is 0 Å². The fraction of sp³-hybridized carbons (Fsp3) is 0.462. The van der Waals surface area contributed by atoms with Crippen LogP contribution in [0.1, 0.15) is 18.1 Å². The van der Waals surface area contributed by atoms with Gasteiger partial charge in [0.05, 0.1) is 12.4 Å². The Balaban J connectivity index is 2.64. The second kappa shape index (κ2) is 7.35. The van der Waals surface area contributed by atoms with Gasteiger partial charge in [-0.25, -0.2) is 0 Å². The number of nitrogens with one attached hydrogen (secondary N) is 1. The number of anilines is 1. The van der Waals surface area contributed by atoms with Crippen LogP contribution in [0.25, 0.3) is 0 Å². The first kappa shape index (κ1) is 14.1. The third kappa shape index (κ3) is 4.40. The monoisotopic (exact) mass is 253 g/mol. The standard InChI is InChI=1S/C13H19NO2S/c1-3-11-6-4-5-10(2)13(11)14-12(16)9-17-8-7-15/h4-6,15H,3,7-9H2,1-2H3,(H,14,16). The van der Waals surface area contributed by atoms with Crippen LogP contribution in [0.4, 0.5) is 5.69 Å². The molecule has 0 saturated heterocycles. The number of aliphatic hydroxyl groups excluding tert-OH is 1. The van der Waals surface area contributed by atoms with E-state index in [0.29, 0.717) is 11.5 Å². The summed E-state index contributed by atoms with van der Waals surface area (Å²) in [6.07, 6.45) is 0.904. The van der Waals surface area contributed by atoms with Crippen LogP contribution in [0.5, 0.6) is 0 Å². The van der Waals surface area contributed by atoms with E-state index in [2.05, 4.69) is 12.2 Å². The van der Waals surface area contributed by atoms with Crippen molar-refractivity contribution in [1.29, 1.82) is 0 Å². The molecule has 0 fully saturated rings. The summed E-state index contributed by atoms with van der Waals surface area (Å²) < 4.78 is 0. The minimum absolute atomic E-state index is 0.00699. The van der Waals surface area contributed by atoms with Crippen molar-refractivity contribution in [3.63, 3.8) is 0 Å². The molecule has 94 valence electrons. The summed E-state index contributed by atoms with van der Waals surface area (Å²) >= 11 is 1.44. The minimum Gasteiger partial charge on any atom is -0.396 e. The summed E-state index contributed by atoms with van der Waals surface area (Å²) in [6, 6.07) is 6.03. The molecule has 0 unspecified atom stereocenters. The van der Waals surface area contributed by atoms with Gasteiger partial charge in [-0.1, -0.05) is 25.1 Å². The Kier molecular flexibility index (Phi) is 6.08. The summed E-state index contributed by atoms with van der Waals surface area (Å²) in [5.41, 5.74) is 3.18. The van der Waals surface area contributed by atoms with Crippen molar-refractivity contribution in [2.45, 2.75) is 20.3 Å². The van der Waals surface area contributed by atoms with E-state index in [1.165, 1.54) is 11.8 Å². The van der Waals surface area contributed by atoms with Crippen molar-refractivity contribution in [3.05, 3.63) is 29.3 Å². The van der Waals surface area contributed by atoms with Crippen molar-refractivity contribution in [1.82, 2.24) is 0 Å². The number of para-hydroxylation sites is 1. The van der Waals surface area contributed by atoms with E-state index in [4.69, 9.17) is 5.11 Å². The lowest BCUT2D eigenvalue weighted by Gasteiger charge is -2.12. The molecule has 0 spiro atoms. The third-order valence-corrected chi connectivity index (χ3v) is 3.41. The maximum Gasteiger partial charge on any atom is 0.234 e. The number of benzene rings is 1. The van der Waals surface area contributed by atoms with E-state index in [1.807, 2.05) is 25.1 Å². The van der Waals surface area contributed by atoms with Gasteiger partial charge in [-0.3, -0.25) is 4.79 Å². The molecule has 1 aromatic carbocycles. The molecule has 0 aliphatic carbocycles. The summed E-state index contributed by atoms with van der Waals surface area (Å²) in [7, 11) is 0. The van der Waals surface area contributed by atoms with E-state index in [-0.39, 0.29) is 12.5 Å². The highest BCUT2D eigenvalue weighted by molar-refractivity contribution is 7.99. The van der Waals surface area contributed by atoms with Crippen molar-refractivity contribution >= 4 is 23.4 Å². The predicted molar refractivity (Wildman–Crippen MR) is 73.6 cm³/mol. The number of hydrogen-bond donors (Lipinski definition) is 2. The topological polar surface area (TPSA) is 49.3 Å². The number of amides is 1. The highest BCUT2D eigenvalue weighted by Crippen LogP contribution is 2.21. The van der Waals surface area contributed by atoms with Gasteiger partial charge in [0.15, 0.2) is 0 Å². The number of aliphatic hydroxyl groups is 1. The van der Waals surface area contributed by atoms with Crippen LogP contribution in [0, 0.1) is 6.92 Å². The highest BCUT2D eigenvalue weighted by atomic mass is 32.2. The highest BCUT2D eigenvalue weighted by Gasteiger charge is 2.08. The van der Waals surface area contributed by atoms with Gasteiger partial charge in [0.1, 0.15) is 0 Å². The SMILES string of the molecule is CCc1cccc(C)c1NC(=O)CSCCO. The Labute approximate surface area is 107 Å². The Morgan fingerprint density at radius 3 is 2.88 bits per heavy atom. The zero-order valence-electron chi connectivity index (χ0n) is 10.3. The molecule has 0 saturated carbocycles. The smallest absolute Gasteiger partial charge is 0.234 e. The Hall–Kier alpha value is -1.000. The normalized spacial score (nSPS) is 10.3. The quantitative estimate of drug-likeness (QED) is 0.764. The summed E-state index contributed by atoms with van der Waals surface area (Å²) in [4.78, 5) is 11.7. The molecule has 3 nitrogen and oxygen atoms in total. The number of rotatable bonds is 6. The molecule has 1 amide bonds. The van der Waals surface area contributed by atoms with Crippen molar-refractivity contribution in [2.75, 3.05) is 23.4 Å². The van der Waals surface area contributed by atoms with Crippen LogP contribution in [-0.2, 0) is 11.2 Å². The van der Waals surface area contributed by atoms with Crippen molar-refractivity contribution in [2.24, 2.45) is 0 Å². The molecular formula is C13H19NO2S. The van der Waals surface area contributed by atoms with Crippen LogP contribution >= 0.6 is 11.8 Å². The number of hydrogen-bond acceptors (Lipinski definition) is 3. The second-order valence-electron chi connectivity index (χ2n) is 3.79. The number of thioether (sulfide) groups is 1. The fourth-order valence-corrected chi connectivity index (χ4v) is 2.14. The Morgan fingerprint density at radius 1 is 1.47 bits per heavy atom. The molecule has 2 N–H and O–H groups in total. The van der Waals surface area contributed by atoms with E-state index < -0.39 is 0 Å². The lowest BCUT2D eigenvalue weighted by Crippen LogP contribution is -2.16. The summed E-state index contributed by atoms with van der Waals surface area (Å²) in [5.74, 6) is 0.979. The lowest BCUT2D eigenvalue weighted by atomic mass is 10.1. The van der Waals surface area contributed by atoms with E-state index in [0.717, 1.165) is 23.2 Å². The zero-order chi connectivity index (χ0) is 12.7. The number of carbonyl (C=O) groups is 1. The first-order valence-electron chi connectivity index (χ1n) is 5.76. The molecule has 0 bridgehead atoms. The molecular weight excluding hydrogens is 234 g/mol. The predicted octanol–water partition coefficient (Wildman–Crippen LogP) is 2.22. The molecule has 0 radical (unpaired) electrons. The number of aryl methyl sites for hydroxylation is 2. The summed E-state index contributed by atoms with van der Waals surface area (Å²) in [6.45, 7) is 4.18. The van der Waals surface area contributed by atoms with E-state index >= 15 is 0 Å². The van der Waals surface area contributed by atoms with Gasteiger partial charge in [0, 0.05) is 11.4 Å². The maximum atomic E-state index is 11.7. The fourth-order valence-electron chi connectivity index (χ4n) is 1.61. The van der Waals surface area contributed by atoms with Crippen LogP contribution in [0.2, 0.25) is 0 Å². The van der Waals surface area contributed by atoms with Gasteiger partial charge in [-0.05, 0) is 24.5 Å². The van der Waals surface area contributed by atoms with Gasteiger partial charge in [0.25, 0.3) is 0 Å². The van der Waals surface area contributed by atoms with Gasteiger partial charge < -0.3 is 10.4 Å². The molecule has 0 aromatic heterocycles. The Bertz CT molecular complexity index is 380. The molecule has 4 heteroatoms. The Morgan fingerprint density at radius 2 is 2.24 bits per heavy atom.